The molecule has 1 heteroatoms. The van der Waals surface area contributed by atoms with Crippen LogP contribution < -0.4 is 0 Å². The molecule has 1 heterocycles. The number of rotatable bonds is 0. The van der Waals surface area contributed by atoms with Crippen LogP contribution in [0.1, 0.15) is 20.3 Å². The van der Waals surface area contributed by atoms with Crippen molar-refractivity contribution in [3.63, 3.8) is 0 Å². The topological polar surface area (TPSA) is 3.24 Å². The lowest BCUT2D eigenvalue weighted by Gasteiger charge is -2.32. The Balaban J connectivity index is 2.35. The van der Waals surface area contributed by atoms with E-state index in [9.17, 15) is 0 Å². The molecule has 1 rings (SSSR count). The second kappa shape index (κ2) is 2.70. The molecule has 0 aliphatic carbocycles. The van der Waals surface area contributed by atoms with E-state index in [0.29, 0.717) is 0 Å². The maximum absolute atomic E-state index is 2.42. The predicted octanol–water partition coefficient (Wildman–Crippen LogP) is 1.59. The third kappa shape index (κ3) is 1.68. The highest BCUT2D eigenvalue weighted by molar-refractivity contribution is 4.72. The molecule has 2 atom stereocenters. The summed E-state index contributed by atoms with van der Waals surface area (Å²) >= 11 is 0. The number of nitrogens with zero attached hydrogens (tertiary/aromatic N) is 1. The Bertz CT molecular complexity index is 90.6. The Hall–Kier alpha value is -0.0400. The van der Waals surface area contributed by atoms with Gasteiger partial charge in [0, 0.05) is 6.54 Å². The third-order valence-electron chi connectivity index (χ3n) is 2.54. The highest BCUT2D eigenvalue weighted by atomic mass is 15.1. The first kappa shape index (κ1) is 7.07. The SMILES string of the molecule is C[C@@H]1CCN(C)C[C@@H]1C. The summed E-state index contributed by atoms with van der Waals surface area (Å²) in [6.07, 6.45) is 1.39. The van der Waals surface area contributed by atoms with E-state index in [0.717, 1.165) is 11.8 Å². The summed E-state index contributed by atoms with van der Waals surface area (Å²) in [4.78, 5) is 2.42. The van der Waals surface area contributed by atoms with Crippen LogP contribution in [0.2, 0.25) is 0 Å². The minimum absolute atomic E-state index is 0.906. The van der Waals surface area contributed by atoms with E-state index in [1.54, 1.807) is 0 Å². The zero-order valence-corrected chi connectivity index (χ0v) is 6.72. The molecule has 0 unspecified atom stereocenters. The van der Waals surface area contributed by atoms with Crippen molar-refractivity contribution in [3.8, 4) is 0 Å². The van der Waals surface area contributed by atoms with Gasteiger partial charge >= 0.3 is 0 Å². The van der Waals surface area contributed by atoms with Gasteiger partial charge < -0.3 is 4.90 Å². The molecule has 54 valence electrons. The van der Waals surface area contributed by atoms with Crippen LogP contribution >= 0.6 is 0 Å². The second-order valence-corrected chi connectivity index (χ2v) is 3.51. The lowest BCUT2D eigenvalue weighted by molar-refractivity contribution is 0.166. The Kier molecular flexibility index (Phi) is 2.12. The summed E-state index contributed by atoms with van der Waals surface area (Å²) in [5.41, 5.74) is 0. The Morgan fingerprint density at radius 1 is 1.22 bits per heavy atom. The summed E-state index contributed by atoms with van der Waals surface area (Å²) in [6, 6.07) is 0. The summed E-state index contributed by atoms with van der Waals surface area (Å²) in [7, 11) is 2.21. The van der Waals surface area contributed by atoms with Gasteiger partial charge in [0.15, 0.2) is 0 Å². The first-order chi connectivity index (χ1) is 4.20. The lowest BCUT2D eigenvalue weighted by Crippen LogP contribution is -2.35. The Labute approximate surface area is 58.0 Å². The highest BCUT2D eigenvalue weighted by Crippen LogP contribution is 2.20. The number of hydrogen-bond donors (Lipinski definition) is 0. The van der Waals surface area contributed by atoms with Crippen molar-refractivity contribution in [1.82, 2.24) is 4.90 Å². The van der Waals surface area contributed by atoms with Crippen molar-refractivity contribution in [2.45, 2.75) is 20.3 Å². The standard InChI is InChI=1S/C8H17N/c1-7-4-5-9(3)6-8(7)2/h7-8H,4-6H2,1-3H3/t7-,8+/m1/s1. The van der Waals surface area contributed by atoms with Gasteiger partial charge in [-0.2, -0.15) is 0 Å². The van der Waals surface area contributed by atoms with Crippen LogP contribution in [0.25, 0.3) is 0 Å². The average molecular weight is 127 g/mol. The van der Waals surface area contributed by atoms with Crippen LogP contribution in [0, 0.1) is 11.8 Å². The first-order valence-corrected chi connectivity index (χ1v) is 3.88. The van der Waals surface area contributed by atoms with E-state index in [1.165, 1.54) is 19.5 Å². The fourth-order valence-electron chi connectivity index (χ4n) is 1.47. The quantitative estimate of drug-likeness (QED) is 0.477. The summed E-state index contributed by atoms with van der Waals surface area (Å²) in [5.74, 6) is 1.85. The van der Waals surface area contributed by atoms with Crippen LogP contribution in [-0.2, 0) is 0 Å². The van der Waals surface area contributed by atoms with E-state index in [4.69, 9.17) is 0 Å². The summed E-state index contributed by atoms with van der Waals surface area (Å²) in [6.45, 7) is 7.30. The van der Waals surface area contributed by atoms with Crippen molar-refractivity contribution in [2.24, 2.45) is 11.8 Å². The van der Waals surface area contributed by atoms with E-state index in [-0.39, 0.29) is 0 Å². The first-order valence-electron chi connectivity index (χ1n) is 3.88. The molecule has 0 amide bonds. The van der Waals surface area contributed by atoms with Crippen molar-refractivity contribution < 1.29 is 0 Å². The van der Waals surface area contributed by atoms with Crippen LogP contribution in [0.4, 0.5) is 0 Å². The van der Waals surface area contributed by atoms with Gasteiger partial charge in [-0.1, -0.05) is 13.8 Å². The second-order valence-electron chi connectivity index (χ2n) is 3.51. The molecule has 0 aromatic rings. The van der Waals surface area contributed by atoms with Crippen molar-refractivity contribution in [1.29, 1.82) is 0 Å². The molecule has 1 aliphatic rings. The average Bonchev–Trinajstić information content (AvgIpc) is 1.80. The van der Waals surface area contributed by atoms with Crippen LogP contribution in [-0.4, -0.2) is 25.0 Å². The number of piperidine rings is 1. The number of hydrogen-bond acceptors (Lipinski definition) is 1. The summed E-state index contributed by atoms with van der Waals surface area (Å²) in [5, 5.41) is 0. The van der Waals surface area contributed by atoms with E-state index in [2.05, 4.69) is 25.8 Å². The van der Waals surface area contributed by atoms with Gasteiger partial charge in [-0.3, -0.25) is 0 Å². The molecular formula is C8H17N. The maximum Gasteiger partial charge on any atom is 0.000652 e. The van der Waals surface area contributed by atoms with Gasteiger partial charge in [-0.15, -0.1) is 0 Å². The zero-order chi connectivity index (χ0) is 6.85. The zero-order valence-electron chi connectivity index (χ0n) is 6.72. The molecule has 9 heavy (non-hydrogen) atoms. The van der Waals surface area contributed by atoms with Gasteiger partial charge in [0.05, 0.1) is 0 Å². The molecule has 0 spiro atoms. The van der Waals surface area contributed by atoms with Crippen molar-refractivity contribution in [3.05, 3.63) is 0 Å². The van der Waals surface area contributed by atoms with Gasteiger partial charge in [0.1, 0.15) is 0 Å². The minimum Gasteiger partial charge on any atom is -0.306 e. The molecule has 0 aromatic carbocycles. The Morgan fingerprint density at radius 3 is 2.33 bits per heavy atom. The molecule has 0 bridgehead atoms. The summed E-state index contributed by atoms with van der Waals surface area (Å²) < 4.78 is 0. The van der Waals surface area contributed by atoms with Gasteiger partial charge in [0.2, 0.25) is 0 Å². The molecule has 0 saturated carbocycles. The largest absolute Gasteiger partial charge is 0.306 e. The fourth-order valence-corrected chi connectivity index (χ4v) is 1.47. The van der Waals surface area contributed by atoms with Crippen molar-refractivity contribution >= 4 is 0 Å². The fraction of sp³-hybridized carbons (Fsp3) is 1.00. The van der Waals surface area contributed by atoms with Gasteiger partial charge in [-0.05, 0) is 31.8 Å². The Morgan fingerprint density at radius 2 is 1.89 bits per heavy atom. The molecule has 1 fully saturated rings. The van der Waals surface area contributed by atoms with Crippen molar-refractivity contribution in [2.75, 3.05) is 20.1 Å². The minimum atomic E-state index is 0.906. The van der Waals surface area contributed by atoms with Crippen LogP contribution in [0.3, 0.4) is 0 Å². The smallest absolute Gasteiger partial charge is 0.000652 e. The molecule has 0 aromatic heterocycles. The number of likely N-dealkylation sites (tertiary alicyclic amines) is 1. The van der Waals surface area contributed by atoms with Crippen LogP contribution in [0.5, 0.6) is 0 Å². The molecular weight excluding hydrogens is 110 g/mol. The van der Waals surface area contributed by atoms with E-state index in [1.807, 2.05) is 0 Å². The highest BCUT2D eigenvalue weighted by Gasteiger charge is 2.19. The van der Waals surface area contributed by atoms with Gasteiger partial charge in [0.25, 0.3) is 0 Å². The molecule has 0 radical (unpaired) electrons. The third-order valence-corrected chi connectivity index (χ3v) is 2.54. The van der Waals surface area contributed by atoms with E-state index >= 15 is 0 Å². The maximum atomic E-state index is 2.42. The monoisotopic (exact) mass is 127 g/mol. The molecule has 1 saturated heterocycles. The molecule has 1 aliphatic heterocycles. The van der Waals surface area contributed by atoms with E-state index < -0.39 is 0 Å². The lowest BCUT2D eigenvalue weighted by atomic mass is 9.89. The van der Waals surface area contributed by atoms with Gasteiger partial charge in [-0.25, -0.2) is 0 Å². The molecule has 0 N–H and O–H groups in total. The normalized spacial score (nSPS) is 39.0. The van der Waals surface area contributed by atoms with Crippen LogP contribution in [0.15, 0.2) is 0 Å². The predicted molar refractivity (Wildman–Crippen MR) is 40.4 cm³/mol. The molecule has 1 nitrogen and oxygen atoms in total.